The van der Waals surface area contributed by atoms with Crippen molar-refractivity contribution < 1.29 is 18.7 Å². The van der Waals surface area contributed by atoms with Crippen molar-refractivity contribution in [2.24, 2.45) is 11.3 Å². The highest BCUT2D eigenvalue weighted by molar-refractivity contribution is 6.00. The lowest BCUT2D eigenvalue weighted by Crippen LogP contribution is -2.48. The Morgan fingerprint density at radius 1 is 1.39 bits per heavy atom. The lowest BCUT2D eigenvalue weighted by Gasteiger charge is -2.37. The summed E-state index contributed by atoms with van der Waals surface area (Å²) in [6.45, 7) is 4.95. The minimum atomic E-state index is -0.459. The summed E-state index contributed by atoms with van der Waals surface area (Å²) in [6, 6.07) is 4.78. The standard InChI is InChI=1S/C20H28FN3O3.ClH/c1-14-3-4-17(16(21)9-14)24-11-15(10-18(24)25)19(26)23-12-20(13-27-2)5-7-22-8-6-20;/h3-4,9,15,22H,5-8,10-13H2,1-2H3,(H,23,26);1H. The van der Waals surface area contributed by atoms with Gasteiger partial charge in [-0.2, -0.15) is 0 Å². The van der Waals surface area contributed by atoms with Gasteiger partial charge in [0, 0.05) is 32.0 Å². The molecule has 8 heteroatoms. The number of hydrogen-bond acceptors (Lipinski definition) is 4. The molecule has 0 radical (unpaired) electrons. The number of benzene rings is 1. The molecular weight excluding hydrogens is 385 g/mol. The average molecular weight is 414 g/mol. The zero-order valence-corrected chi connectivity index (χ0v) is 17.2. The summed E-state index contributed by atoms with van der Waals surface area (Å²) < 4.78 is 19.6. The molecule has 2 aliphatic heterocycles. The fraction of sp³-hybridized carbons (Fsp3) is 0.600. The van der Waals surface area contributed by atoms with Crippen molar-refractivity contribution in [3.05, 3.63) is 29.6 Å². The zero-order chi connectivity index (χ0) is 19.4. The second-order valence-electron chi connectivity index (χ2n) is 7.76. The predicted molar refractivity (Wildman–Crippen MR) is 108 cm³/mol. The monoisotopic (exact) mass is 413 g/mol. The van der Waals surface area contributed by atoms with Crippen molar-refractivity contribution in [1.29, 1.82) is 0 Å². The molecule has 2 fully saturated rings. The first-order chi connectivity index (χ1) is 12.9. The summed E-state index contributed by atoms with van der Waals surface area (Å²) in [4.78, 5) is 26.4. The van der Waals surface area contributed by atoms with Gasteiger partial charge >= 0.3 is 0 Å². The Morgan fingerprint density at radius 3 is 2.75 bits per heavy atom. The first-order valence-electron chi connectivity index (χ1n) is 9.48. The Morgan fingerprint density at radius 2 is 2.11 bits per heavy atom. The third kappa shape index (κ3) is 5.01. The minimum Gasteiger partial charge on any atom is -0.384 e. The van der Waals surface area contributed by atoms with Gasteiger partial charge < -0.3 is 20.3 Å². The molecule has 1 atom stereocenters. The third-order valence-electron chi connectivity index (χ3n) is 5.64. The van der Waals surface area contributed by atoms with Gasteiger partial charge in [0.2, 0.25) is 11.8 Å². The Bertz CT molecular complexity index is 704. The first kappa shape index (κ1) is 22.6. The number of carbonyl (C=O) groups is 2. The van der Waals surface area contributed by atoms with Crippen LogP contribution in [0.4, 0.5) is 10.1 Å². The van der Waals surface area contributed by atoms with Gasteiger partial charge in [0.1, 0.15) is 5.82 Å². The highest BCUT2D eigenvalue weighted by Crippen LogP contribution is 2.30. The lowest BCUT2D eigenvalue weighted by atomic mass is 9.79. The summed E-state index contributed by atoms with van der Waals surface area (Å²) in [6.07, 6.45) is 1.98. The van der Waals surface area contributed by atoms with Crippen molar-refractivity contribution in [3.63, 3.8) is 0 Å². The maximum absolute atomic E-state index is 14.2. The molecule has 0 spiro atoms. The van der Waals surface area contributed by atoms with Gasteiger partial charge in [-0.1, -0.05) is 6.07 Å². The van der Waals surface area contributed by atoms with E-state index in [-0.39, 0.29) is 48.3 Å². The Balaban J connectivity index is 0.00000280. The number of piperidine rings is 1. The Labute approximate surface area is 171 Å². The van der Waals surface area contributed by atoms with E-state index in [2.05, 4.69) is 10.6 Å². The molecule has 0 aromatic heterocycles. The lowest BCUT2D eigenvalue weighted by molar-refractivity contribution is -0.127. The van der Waals surface area contributed by atoms with E-state index >= 15 is 0 Å². The summed E-state index contributed by atoms with van der Waals surface area (Å²) in [5.41, 5.74) is 0.971. The number of methoxy groups -OCH3 is 1. The molecule has 0 saturated carbocycles. The van der Waals surface area contributed by atoms with E-state index in [0.717, 1.165) is 31.5 Å². The van der Waals surface area contributed by atoms with Gasteiger partial charge in [-0.3, -0.25) is 9.59 Å². The van der Waals surface area contributed by atoms with E-state index in [4.69, 9.17) is 4.74 Å². The molecule has 2 saturated heterocycles. The van der Waals surface area contributed by atoms with Crippen molar-refractivity contribution in [2.75, 3.05) is 44.8 Å². The number of ether oxygens (including phenoxy) is 1. The maximum Gasteiger partial charge on any atom is 0.227 e. The summed E-state index contributed by atoms with van der Waals surface area (Å²) in [5, 5.41) is 6.34. The molecule has 2 N–H and O–H groups in total. The Kier molecular flexibility index (Phi) is 7.80. The number of nitrogens with one attached hydrogen (secondary N) is 2. The van der Waals surface area contributed by atoms with Crippen LogP contribution in [-0.2, 0) is 14.3 Å². The van der Waals surface area contributed by atoms with Crippen molar-refractivity contribution in [2.45, 2.75) is 26.2 Å². The van der Waals surface area contributed by atoms with Gasteiger partial charge in [0.15, 0.2) is 0 Å². The number of anilines is 1. The number of aryl methyl sites for hydroxylation is 1. The number of nitrogens with zero attached hydrogens (tertiary/aromatic N) is 1. The molecule has 156 valence electrons. The molecule has 1 aromatic rings. The van der Waals surface area contributed by atoms with Crippen molar-refractivity contribution in [1.82, 2.24) is 10.6 Å². The second kappa shape index (κ2) is 9.67. The van der Waals surface area contributed by atoms with E-state index in [9.17, 15) is 14.0 Å². The number of amides is 2. The number of carbonyl (C=O) groups excluding carboxylic acids is 2. The summed E-state index contributed by atoms with van der Waals surface area (Å²) in [7, 11) is 1.68. The van der Waals surface area contributed by atoms with Crippen molar-refractivity contribution in [3.8, 4) is 0 Å². The van der Waals surface area contributed by atoms with E-state index in [1.807, 2.05) is 0 Å². The molecule has 3 rings (SSSR count). The molecule has 0 aliphatic carbocycles. The smallest absolute Gasteiger partial charge is 0.227 e. The van der Waals surface area contributed by atoms with Gasteiger partial charge in [0.05, 0.1) is 18.2 Å². The van der Waals surface area contributed by atoms with Crippen LogP contribution in [0.5, 0.6) is 0 Å². The molecule has 1 unspecified atom stereocenters. The van der Waals surface area contributed by atoms with Crippen LogP contribution >= 0.6 is 12.4 Å². The molecule has 28 heavy (non-hydrogen) atoms. The summed E-state index contributed by atoms with van der Waals surface area (Å²) in [5.74, 6) is -1.25. The normalized spacial score (nSPS) is 21.3. The van der Waals surface area contributed by atoms with Gasteiger partial charge in [0.25, 0.3) is 0 Å². The molecule has 6 nitrogen and oxygen atoms in total. The van der Waals surface area contributed by atoms with Crippen LogP contribution in [0, 0.1) is 24.1 Å². The van der Waals surface area contributed by atoms with Crippen molar-refractivity contribution >= 4 is 29.9 Å². The fourth-order valence-corrected chi connectivity index (χ4v) is 4.00. The number of rotatable bonds is 6. The topological polar surface area (TPSA) is 70.7 Å². The van der Waals surface area contributed by atoms with E-state index in [0.29, 0.717) is 13.2 Å². The van der Waals surface area contributed by atoms with Crippen LogP contribution in [0.2, 0.25) is 0 Å². The van der Waals surface area contributed by atoms with E-state index in [1.165, 1.54) is 11.0 Å². The molecule has 1 aromatic carbocycles. The molecule has 2 amide bonds. The first-order valence-corrected chi connectivity index (χ1v) is 9.48. The van der Waals surface area contributed by atoms with Crippen LogP contribution < -0.4 is 15.5 Å². The minimum absolute atomic E-state index is 0. The number of halogens is 2. The van der Waals surface area contributed by atoms with E-state index < -0.39 is 11.7 Å². The van der Waals surface area contributed by atoms with E-state index in [1.54, 1.807) is 26.2 Å². The largest absolute Gasteiger partial charge is 0.384 e. The Hall–Kier alpha value is -1.70. The van der Waals surface area contributed by atoms with Crippen LogP contribution in [-0.4, -0.2) is 51.7 Å². The van der Waals surface area contributed by atoms with Gasteiger partial charge in [-0.25, -0.2) is 4.39 Å². The molecule has 0 bridgehead atoms. The quantitative estimate of drug-likeness (QED) is 0.748. The highest BCUT2D eigenvalue weighted by Gasteiger charge is 2.38. The van der Waals surface area contributed by atoms with Crippen LogP contribution in [0.3, 0.4) is 0 Å². The van der Waals surface area contributed by atoms with Gasteiger partial charge in [-0.15, -0.1) is 12.4 Å². The fourth-order valence-electron chi connectivity index (χ4n) is 4.00. The molecule has 2 heterocycles. The predicted octanol–water partition coefficient (Wildman–Crippen LogP) is 2.04. The molecule has 2 aliphatic rings. The van der Waals surface area contributed by atoms with Gasteiger partial charge in [-0.05, 0) is 50.6 Å². The summed E-state index contributed by atoms with van der Waals surface area (Å²) >= 11 is 0. The average Bonchev–Trinajstić information content (AvgIpc) is 3.02. The zero-order valence-electron chi connectivity index (χ0n) is 16.4. The maximum atomic E-state index is 14.2. The van der Waals surface area contributed by atoms with Crippen LogP contribution in [0.25, 0.3) is 0 Å². The second-order valence-corrected chi connectivity index (χ2v) is 7.76. The van der Waals surface area contributed by atoms with Crippen LogP contribution in [0.15, 0.2) is 18.2 Å². The number of hydrogen-bond donors (Lipinski definition) is 2. The SMILES string of the molecule is COCC1(CNC(=O)C2CC(=O)N(c3ccc(C)cc3F)C2)CCNCC1.Cl. The third-order valence-corrected chi connectivity index (χ3v) is 5.64. The molecular formula is C20H29ClFN3O3. The van der Waals surface area contributed by atoms with Crippen LogP contribution in [0.1, 0.15) is 24.8 Å². The highest BCUT2D eigenvalue weighted by atomic mass is 35.5.